The van der Waals surface area contributed by atoms with E-state index >= 15 is 0 Å². The van der Waals surface area contributed by atoms with Crippen molar-refractivity contribution < 1.29 is 9.53 Å². The van der Waals surface area contributed by atoms with Crippen LogP contribution in [0.4, 0.5) is 5.69 Å². The van der Waals surface area contributed by atoms with Gasteiger partial charge in [0.15, 0.2) is 0 Å². The van der Waals surface area contributed by atoms with Gasteiger partial charge in [-0.15, -0.1) is 11.3 Å². The SMILES string of the molecule is COc1cccc(-c2cc(C(=O)Nc3cccc(-c4csc(C)n4)c3)n(C)n2)c1. The number of rotatable bonds is 5. The lowest BCUT2D eigenvalue weighted by Crippen LogP contribution is -2.16. The van der Waals surface area contributed by atoms with Crippen LogP contribution in [0.15, 0.2) is 60.0 Å². The maximum atomic E-state index is 12.8. The molecule has 0 atom stereocenters. The van der Waals surface area contributed by atoms with E-state index in [9.17, 15) is 4.79 Å². The van der Waals surface area contributed by atoms with Gasteiger partial charge in [-0.05, 0) is 37.3 Å². The number of methoxy groups -OCH3 is 1. The number of hydrogen-bond donors (Lipinski definition) is 1. The number of ether oxygens (including phenoxy) is 1. The molecule has 2 aromatic heterocycles. The molecule has 0 saturated heterocycles. The van der Waals surface area contributed by atoms with Crippen LogP contribution >= 0.6 is 11.3 Å². The molecule has 0 saturated carbocycles. The number of amides is 1. The summed E-state index contributed by atoms with van der Waals surface area (Å²) < 4.78 is 6.85. The minimum atomic E-state index is -0.222. The Bertz CT molecular complexity index is 1180. The minimum absolute atomic E-state index is 0.222. The van der Waals surface area contributed by atoms with E-state index in [2.05, 4.69) is 15.4 Å². The van der Waals surface area contributed by atoms with E-state index in [0.717, 1.165) is 27.6 Å². The topological polar surface area (TPSA) is 69.0 Å². The molecule has 1 amide bonds. The highest BCUT2D eigenvalue weighted by Crippen LogP contribution is 2.26. The lowest BCUT2D eigenvalue weighted by molar-refractivity contribution is 0.101. The average Bonchev–Trinajstić information content (AvgIpc) is 3.34. The van der Waals surface area contributed by atoms with E-state index in [1.807, 2.05) is 60.8 Å². The molecule has 146 valence electrons. The predicted octanol–water partition coefficient (Wildman–Crippen LogP) is 4.78. The molecule has 2 heterocycles. The summed E-state index contributed by atoms with van der Waals surface area (Å²) in [5.74, 6) is 0.522. The van der Waals surface area contributed by atoms with Gasteiger partial charge in [0, 0.05) is 29.2 Å². The highest BCUT2D eigenvalue weighted by Gasteiger charge is 2.15. The van der Waals surface area contributed by atoms with Gasteiger partial charge < -0.3 is 10.1 Å². The minimum Gasteiger partial charge on any atom is -0.497 e. The molecule has 0 unspecified atom stereocenters. The van der Waals surface area contributed by atoms with Gasteiger partial charge in [0.25, 0.3) is 5.91 Å². The number of anilines is 1. The molecular weight excluding hydrogens is 384 g/mol. The zero-order valence-corrected chi connectivity index (χ0v) is 17.2. The molecule has 0 aliphatic heterocycles. The van der Waals surface area contributed by atoms with Crippen molar-refractivity contribution in [2.75, 3.05) is 12.4 Å². The number of aryl methyl sites for hydroxylation is 2. The van der Waals surface area contributed by atoms with Crippen LogP contribution in [-0.2, 0) is 7.05 Å². The molecule has 0 radical (unpaired) electrons. The molecule has 4 rings (SSSR count). The van der Waals surface area contributed by atoms with Crippen molar-refractivity contribution in [3.63, 3.8) is 0 Å². The third-order valence-corrected chi connectivity index (χ3v) is 5.29. The van der Waals surface area contributed by atoms with Crippen molar-refractivity contribution in [1.29, 1.82) is 0 Å². The molecule has 4 aromatic rings. The van der Waals surface area contributed by atoms with Gasteiger partial charge in [-0.3, -0.25) is 9.48 Å². The summed E-state index contributed by atoms with van der Waals surface area (Å²) >= 11 is 1.60. The third kappa shape index (κ3) is 4.05. The van der Waals surface area contributed by atoms with Crippen LogP contribution in [0.25, 0.3) is 22.5 Å². The summed E-state index contributed by atoms with van der Waals surface area (Å²) in [5.41, 5.74) is 4.65. The Morgan fingerprint density at radius 1 is 1.07 bits per heavy atom. The summed E-state index contributed by atoms with van der Waals surface area (Å²) in [7, 11) is 3.38. The zero-order valence-electron chi connectivity index (χ0n) is 16.3. The molecule has 0 fully saturated rings. The fraction of sp³-hybridized carbons (Fsp3) is 0.136. The van der Waals surface area contributed by atoms with Crippen LogP contribution in [0.2, 0.25) is 0 Å². The van der Waals surface area contributed by atoms with Crippen LogP contribution in [0, 0.1) is 6.92 Å². The van der Waals surface area contributed by atoms with E-state index in [0.29, 0.717) is 17.1 Å². The lowest BCUT2D eigenvalue weighted by Gasteiger charge is -2.06. The summed E-state index contributed by atoms with van der Waals surface area (Å²) in [6.45, 7) is 1.97. The first-order chi connectivity index (χ1) is 14.0. The highest BCUT2D eigenvalue weighted by molar-refractivity contribution is 7.09. The Balaban J connectivity index is 1.57. The Kier molecular flexibility index (Phi) is 5.14. The number of nitrogens with zero attached hydrogens (tertiary/aromatic N) is 3. The van der Waals surface area contributed by atoms with Crippen molar-refractivity contribution in [2.24, 2.45) is 7.05 Å². The van der Waals surface area contributed by atoms with Crippen LogP contribution in [-0.4, -0.2) is 27.8 Å². The molecule has 1 N–H and O–H groups in total. The van der Waals surface area contributed by atoms with Crippen molar-refractivity contribution in [2.45, 2.75) is 6.92 Å². The first-order valence-electron chi connectivity index (χ1n) is 9.06. The third-order valence-electron chi connectivity index (χ3n) is 4.51. The maximum absolute atomic E-state index is 12.8. The van der Waals surface area contributed by atoms with E-state index in [1.165, 1.54) is 0 Å². The molecule has 0 aliphatic carbocycles. The summed E-state index contributed by atoms with van der Waals surface area (Å²) in [6, 6.07) is 17.0. The molecule has 7 heteroatoms. The summed E-state index contributed by atoms with van der Waals surface area (Å²) in [4.78, 5) is 17.4. The van der Waals surface area contributed by atoms with Gasteiger partial charge in [0.1, 0.15) is 11.4 Å². The summed E-state index contributed by atoms with van der Waals surface area (Å²) in [5, 5.41) is 10.5. The van der Waals surface area contributed by atoms with Gasteiger partial charge in [0.05, 0.1) is 23.5 Å². The number of hydrogen-bond acceptors (Lipinski definition) is 5. The van der Waals surface area contributed by atoms with Gasteiger partial charge in [-0.2, -0.15) is 5.10 Å². The standard InChI is InChI=1S/C22H20N4O2S/c1-14-23-20(13-29-14)15-6-4-8-17(10-15)24-22(27)21-12-19(25-26(21)2)16-7-5-9-18(11-16)28-3/h4-13H,1-3H3,(H,24,27). The molecule has 6 nitrogen and oxygen atoms in total. The number of thiazole rings is 1. The van der Waals surface area contributed by atoms with Crippen LogP contribution in [0.5, 0.6) is 5.75 Å². The van der Waals surface area contributed by atoms with Crippen molar-refractivity contribution in [3.05, 3.63) is 70.7 Å². The van der Waals surface area contributed by atoms with E-state index in [1.54, 1.807) is 36.2 Å². The first-order valence-corrected chi connectivity index (χ1v) is 9.94. The Labute approximate surface area is 172 Å². The Hall–Kier alpha value is -3.45. The molecule has 0 aliphatic rings. The molecule has 2 aromatic carbocycles. The highest BCUT2D eigenvalue weighted by atomic mass is 32.1. The number of benzene rings is 2. The quantitative estimate of drug-likeness (QED) is 0.520. The predicted molar refractivity (Wildman–Crippen MR) is 115 cm³/mol. The first kappa shape index (κ1) is 18.9. The second kappa shape index (κ2) is 7.89. The van der Waals surface area contributed by atoms with Gasteiger partial charge in [-0.25, -0.2) is 4.98 Å². The Morgan fingerprint density at radius 2 is 1.83 bits per heavy atom. The molecule has 0 bridgehead atoms. The lowest BCUT2D eigenvalue weighted by atomic mass is 10.1. The normalized spacial score (nSPS) is 10.7. The average molecular weight is 404 g/mol. The van der Waals surface area contributed by atoms with Gasteiger partial charge in [0.2, 0.25) is 0 Å². The molecule has 0 spiro atoms. The van der Waals surface area contributed by atoms with Crippen molar-refractivity contribution >= 4 is 22.9 Å². The number of carbonyl (C=O) groups is 1. The van der Waals surface area contributed by atoms with Crippen LogP contribution in [0.1, 0.15) is 15.5 Å². The Morgan fingerprint density at radius 3 is 2.55 bits per heavy atom. The molecular formula is C22H20N4O2S. The van der Waals surface area contributed by atoms with Crippen LogP contribution < -0.4 is 10.1 Å². The zero-order chi connectivity index (χ0) is 20.4. The second-order valence-corrected chi connectivity index (χ2v) is 7.62. The number of carbonyl (C=O) groups excluding carboxylic acids is 1. The van der Waals surface area contributed by atoms with Gasteiger partial charge >= 0.3 is 0 Å². The fourth-order valence-corrected chi connectivity index (χ4v) is 3.67. The van der Waals surface area contributed by atoms with Crippen molar-refractivity contribution in [1.82, 2.24) is 14.8 Å². The largest absolute Gasteiger partial charge is 0.497 e. The number of aromatic nitrogens is 3. The van der Waals surface area contributed by atoms with Crippen molar-refractivity contribution in [3.8, 4) is 28.3 Å². The maximum Gasteiger partial charge on any atom is 0.273 e. The smallest absolute Gasteiger partial charge is 0.273 e. The van der Waals surface area contributed by atoms with E-state index < -0.39 is 0 Å². The second-order valence-electron chi connectivity index (χ2n) is 6.56. The van der Waals surface area contributed by atoms with E-state index in [-0.39, 0.29) is 5.91 Å². The monoisotopic (exact) mass is 404 g/mol. The van der Waals surface area contributed by atoms with Gasteiger partial charge in [-0.1, -0.05) is 24.3 Å². The van der Waals surface area contributed by atoms with E-state index in [4.69, 9.17) is 4.74 Å². The summed E-state index contributed by atoms with van der Waals surface area (Å²) in [6.07, 6.45) is 0. The number of nitrogens with one attached hydrogen (secondary N) is 1. The van der Waals surface area contributed by atoms with Crippen LogP contribution in [0.3, 0.4) is 0 Å². The fourth-order valence-electron chi connectivity index (χ4n) is 3.05. The molecule has 29 heavy (non-hydrogen) atoms.